The first-order valence-electron chi connectivity index (χ1n) is 10.2. The molecule has 2 aromatic carbocycles. The number of carbonyl (C=O) groups excluding carboxylic acids is 2. The topological polar surface area (TPSA) is 71.3 Å². The highest BCUT2D eigenvalue weighted by atomic mass is 35.5. The molecule has 0 N–H and O–H groups in total. The Bertz CT molecular complexity index is 953. The van der Waals surface area contributed by atoms with Crippen molar-refractivity contribution in [3.63, 3.8) is 0 Å². The van der Waals surface area contributed by atoms with Gasteiger partial charge in [0.05, 0.1) is 6.04 Å². The molecule has 0 radical (unpaired) electrons. The number of nitrogens with zero attached hydrogens (tertiary/aromatic N) is 3. The molecule has 3 atom stereocenters. The average Bonchev–Trinajstić information content (AvgIpc) is 3.21. The largest absolute Gasteiger partial charge is 0.360 e. The SMILES string of the molecule is CC1CC(c2cccc(Cl)c2)C(c2ccc(Cl)cc2)N(C(C)C)C1=O.O=C1CN=NO1. The molecule has 2 aliphatic heterocycles. The molecule has 0 aromatic heterocycles. The highest BCUT2D eigenvalue weighted by Crippen LogP contribution is 2.46. The molecule has 0 saturated carbocycles. The Kier molecular flexibility index (Phi) is 7.68. The van der Waals surface area contributed by atoms with E-state index in [2.05, 4.69) is 35.1 Å². The van der Waals surface area contributed by atoms with Crippen molar-refractivity contribution in [2.75, 3.05) is 6.54 Å². The summed E-state index contributed by atoms with van der Waals surface area (Å²) in [7, 11) is 0. The summed E-state index contributed by atoms with van der Waals surface area (Å²) in [5, 5.41) is 7.59. The van der Waals surface area contributed by atoms with Gasteiger partial charge in [-0.25, -0.2) is 4.79 Å². The van der Waals surface area contributed by atoms with E-state index >= 15 is 0 Å². The van der Waals surface area contributed by atoms with Gasteiger partial charge in [-0.1, -0.05) is 54.4 Å². The number of hydrogen-bond donors (Lipinski definition) is 0. The lowest BCUT2D eigenvalue weighted by atomic mass is 9.76. The number of hydrogen-bond acceptors (Lipinski definition) is 5. The van der Waals surface area contributed by atoms with Gasteiger partial charge in [0.1, 0.15) is 0 Å². The number of carbonyl (C=O) groups is 2. The predicted molar refractivity (Wildman–Crippen MR) is 120 cm³/mol. The number of benzene rings is 2. The summed E-state index contributed by atoms with van der Waals surface area (Å²) >= 11 is 12.3. The maximum atomic E-state index is 12.9. The van der Waals surface area contributed by atoms with Crippen LogP contribution in [0.1, 0.15) is 50.3 Å². The molecule has 2 heterocycles. The van der Waals surface area contributed by atoms with Gasteiger partial charge in [0, 0.05) is 33.2 Å². The minimum absolute atomic E-state index is 0.00469. The number of likely N-dealkylation sites (tertiary alicyclic amines) is 1. The van der Waals surface area contributed by atoms with Gasteiger partial charge in [-0.2, -0.15) is 0 Å². The van der Waals surface area contributed by atoms with Crippen molar-refractivity contribution in [2.24, 2.45) is 16.3 Å². The van der Waals surface area contributed by atoms with Crippen molar-refractivity contribution in [1.82, 2.24) is 4.90 Å². The van der Waals surface area contributed by atoms with E-state index in [1.165, 1.54) is 5.56 Å². The van der Waals surface area contributed by atoms with Crippen molar-refractivity contribution in [3.8, 4) is 0 Å². The fourth-order valence-electron chi connectivity index (χ4n) is 4.07. The lowest BCUT2D eigenvalue weighted by molar-refractivity contribution is -0.145. The van der Waals surface area contributed by atoms with Crippen LogP contribution in [0.3, 0.4) is 0 Å². The molecule has 31 heavy (non-hydrogen) atoms. The maximum absolute atomic E-state index is 12.9. The van der Waals surface area contributed by atoms with Gasteiger partial charge in [0.25, 0.3) is 0 Å². The Morgan fingerprint density at radius 1 is 1.03 bits per heavy atom. The second kappa shape index (κ2) is 10.2. The monoisotopic (exact) mass is 461 g/mol. The molecule has 164 valence electrons. The number of amides is 1. The summed E-state index contributed by atoms with van der Waals surface area (Å²) in [4.78, 5) is 28.8. The molecule has 6 nitrogen and oxygen atoms in total. The van der Waals surface area contributed by atoms with Gasteiger partial charge in [-0.05, 0) is 55.7 Å². The third-order valence-corrected chi connectivity index (χ3v) is 5.90. The summed E-state index contributed by atoms with van der Waals surface area (Å²) in [6, 6.07) is 16.0. The zero-order valence-corrected chi connectivity index (χ0v) is 19.2. The van der Waals surface area contributed by atoms with Gasteiger partial charge in [0.2, 0.25) is 5.91 Å². The molecular weight excluding hydrogens is 437 g/mol. The lowest BCUT2D eigenvalue weighted by Crippen LogP contribution is -2.49. The van der Waals surface area contributed by atoms with Crippen LogP contribution in [-0.4, -0.2) is 29.4 Å². The third-order valence-electron chi connectivity index (χ3n) is 5.41. The second-order valence-electron chi connectivity index (χ2n) is 7.98. The highest BCUT2D eigenvalue weighted by Gasteiger charge is 2.42. The van der Waals surface area contributed by atoms with Crippen molar-refractivity contribution >= 4 is 35.1 Å². The van der Waals surface area contributed by atoms with Gasteiger partial charge in [-0.3, -0.25) is 9.63 Å². The minimum atomic E-state index is -0.380. The van der Waals surface area contributed by atoms with Gasteiger partial charge in [-0.15, -0.1) is 5.11 Å². The van der Waals surface area contributed by atoms with Crippen LogP contribution in [0, 0.1) is 5.92 Å². The molecule has 3 unspecified atom stereocenters. The molecular formula is C23H25Cl2N3O3. The number of rotatable bonds is 3. The quantitative estimate of drug-likeness (QED) is 0.561. The molecule has 0 bridgehead atoms. The Morgan fingerprint density at radius 3 is 2.26 bits per heavy atom. The summed E-state index contributed by atoms with van der Waals surface area (Å²) < 4.78 is 0. The van der Waals surface area contributed by atoms with Crippen LogP contribution >= 0.6 is 23.2 Å². The van der Waals surface area contributed by atoms with E-state index in [-0.39, 0.29) is 42.3 Å². The first kappa shape index (κ1) is 23.2. The molecule has 1 fully saturated rings. The van der Waals surface area contributed by atoms with E-state index in [9.17, 15) is 9.59 Å². The van der Waals surface area contributed by atoms with E-state index in [1.54, 1.807) is 0 Å². The number of piperidine rings is 1. The fraction of sp³-hybridized carbons (Fsp3) is 0.391. The van der Waals surface area contributed by atoms with Crippen LogP contribution in [0.4, 0.5) is 0 Å². The first-order chi connectivity index (χ1) is 14.8. The van der Waals surface area contributed by atoms with Crippen LogP contribution in [0.25, 0.3) is 0 Å². The zero-order valence-electron chi connectivity index (χ0n) is 17.7. The van der Waals surface area contributed by atoms with Gasteiger partial charge in [0.15, 0.2) is 6.54 Å². The molecule has 0 spiro atoms. The van der Waals surface area contributed by atoms with E-state index in [1.807, 2.05) is 54.3 Å². The zero-order chi connectivity index (χ0) is 22.5. The molecule has 0 aliphatic carbocycles. The molecule has 4 rings (SSSR count). The normalized spacial score (nSPS) is 22.9. The molecule has 8 heteroatoms. The summed E-state index contributed by atoms with van der Waals surface area (Å²) in [6.45, 7) is 6.26. The van der Waals surface area contributed by atoms with Crippen LogP contribution in [0.5, 0.6) is 0 Å². The van der Waals surface area contributed by atoms with Crippen LogP contribution in [-0.2, 0) is 14.4 Å². The molecule has 1 saturated heterocycles. The van der Waals surface area contributed by atoms with Gasteiger partial charge >= 0.3 is 5.97 Å². The van der Waals surface area contributed by atoms with Crippen molar-refractivity contribution in [3.05, 3.63) is 69.7 Å². The Labute approximate surface area is 192 Å². The Hall–Kier alpha value is -2.44. The Morgan fingerprint density at radius 2 is 1.74 bits per heavy atom. The smallest absolute Gasteiger partial charge is 0.332 e. The second-order valence-corrected chi connectivity index (χ2v) is 8.85. The Balaban J connectivity index is 0.000000391. The average molecular weight is 462 g/mol. The minimum Gasteiger partial charge on any atom is -0.332 e. The predicted octanol–water partition coefficient (Wildman–Crippen LogP) is 6.01. The van der Waals surface area contributed by atoms with Gasteiger partial charge < -0.3 is 4.90 Å². The van der Waals surface area contributed by atoms with E-state index < -0.39 is 0 Å². The van der Waals surface area contributed by atoms with Crippen LogP contribution in [0.15, 0.2) is 58.9 Å². The molecule has 2 aliphatic rings. The van der Waals surface area contributed by atoms with E-state index in [4.69, 9.17) is 23.2 Å². The summed E-state index contributed by atoms with van der Waals surface area (Å²) in [6.07, 6.45) is 0.815. The first-order valence-corrected chi connectivity index (χ1v) is 10.9. The van der Waals surface area contributed by atoms with E-state index in [0.717, 1.165) is 17.0 Å². The summed E-state index contributed by atoms with van der Waals surface area (Å²) in [5.74, 6) is 0.0353. The molecule has 2 aromatic rings. The molecule has 1 amide bonds. The highest BCUT2D eigenvalue weighted by molar-refractivity contribution is 6.30. The standard InChI is InChI=1S/C21H23Cl2NO.C2H2N2O2/c1-13(2)24-20(15-7-9-17(22)10-8-15)19(11-14(3)21(24)25)16-5-4-6-18(23)12-16;5-2-1-3-4-6-2/h4-10,12-14,19-20H,11H2,1-3H3;1H2. The van der Waals surface area contributed by atoms with Crippen molar-refractivity contribution < 1.29 is 14.4 Å². The summed E-state index contributed by atoms with van der Waals surface area (Å²) in [5.41, 5.74) is 2.29. The van der Waals surface area contributed by atoms with Crippen LogP contribution < -0.4 is 0 Å². The fourth-order valence-corrected chi connectivity index (χ4v) is 4.39. The van der Waals surface area contributed by atoms with Crippen molar-refractivity contribution in [1.29, 1.82) is 0 Å². The van der Waals surface area contributed by atoms with Crippen LogP contribution in [0.2, 0.25) is 10.0 Å². The van der Waals surface area contributed by atoms with E-state index in [0.29, 0.717) is 5.02 Å². The number of halogens is 2. The maximum Gasteiger partial charge on any atom is 0.360 e. The third kappa shape index (κ3) is 5.63. The lowest BCUT2D eigenvalue weighted by Gasteiger charge is -2.46. The van der Waals surface area contributed by atoms with Crippen molar-refractivity contribution in [2.45, 2.75) is 45.2 Å².